The lowest BCUT2D eigenvalue weighted by atomic mass is 10.00. The van der Waals surface area contributed by atoms with Crippen LogP contribution in [0.15, 0.2) is 24.3 Å². The number of rotatable bonds is 5. The van der Waals surface area contributed by atoms with E-state index in [2.05, 4.69) is 22.8 Å². The van der Waals surface area contributed by atoms with Gasteiger partial charge >= 0.3 is 0 Å². The van der Waals surface area contributed by atoms with Crippen molar-refractivity contribution in [3.8, 4) is 5.75 Å². The second-order valence-electron chi connectivity index (χ2n) is 5.28. The van der Waals surface area contributed by atoms with E-state index >= 15 is 0 Å². The average Bonchev–Trinajstić information content (AvgIpc) is 2.38. The smallest absolute Gasteiger partial charge is 0.119 e. The number of nitrogens with one attached hydrogen (secondary N) is 2. The van der Waals surface area contributed by atoms with Crippen LogP contribution in [0.2, 0.25) is 0 Å². The summed E-state index contributed by atoms with van der Waals surface area (Å²) in [7, 11) is 0. The fraction of sp³-hybridized carbons (Fsp3) is 0.600. The van der Waals surface area contributed by atoms with E-state index in [1.54, 1.807) is 0 Å². The zero-order valence-corrected chi connectivity index (χ0v) is 11.4. The Morgan fingerprint density at radius 3 is 2.72 bits per heavy atom. The van der Waals surface area contributed by atoms with Crippen LogP contribution in [-0.4, -0.2) is 25.7 Å². The Morgan fingerprint density at radius 2 is 2.11 bits per heavy atom. The van der Waals surface area contributed by atoms with E-state index in [1.165, 1.54) is 25.1 Å². The van der Waals surface area contributed by atoms with Crippen molar-refractivity contribution in [2.45, 2.75) is 32.8 Å². The predicted molar refractivity (Wildman–Crippen MR) is 76.3 cm³/mol. The van der Waals surface area contributed by atoms with Gasteiger partial charge in [-0.1, -0.05) is 0 Å². The van der Waals surface area contributed by atoms with Crippen LogP contribution >= 0.6 is 0 Å². The average molecular weight is 248 g/mol. The van der Waals surface area contributed by atoms with Crippen molar-refractivity contribution in [1.29, 1.82) is 0 Å². The van der Waals surface area contributed by atoms with Crippen LogP contribution in [0.3, 0.4) is 0 Å². The van der Waals surface area contributed by atoms with E-state index in [0.29, 0.717) is 0 Å². The minimum atomic E-state index is 0.233. The molecule has 1 atom stereocenters. The monoisotopic (exact) mass is 248 g/mol. The minimum absolute atomic E-state index is 0.233. The number of ether oxygens (including phenoxy) is 1. The molecular formula is C15H24N2O. The highest BCUT2D eigenvalue weighted by atomic mass is 16.5. The lowest BCUT2D eigenvalue weighted by molar-refractivity contribution is 0.242. The molecule has 1 saturated heterocycles. The molecule has 100 valence electrons. The Bertz CT molecular complexity index is 342. The summed E-state index contributed by atoms with van der Waals surface area (Å²) in [6.07, 6.45) is 2.86. The van der Waals surface area contributed by atoms with Gasteiger partial charge in [0, 0.05) is 12.2 Å². The van der Waals surface area contributed by atoms with Gasteiger partial charge in [0.25, 0.3) is 0 Å². The molecule has 18 heavy (non-hydrogen) atoms. The van der Waals surface area contributed by atoms with Crippen LogP contribution in [-0.2, 0) is 0 Å². The molecule has 1 aromatic rings. The summed E-state index contributed by atoms with van der Waals surface area (Å²) in [4.78, 5) is 0. The first-order valence-corrected chi connectivity index (χ1v) is 6.95. The van der Waals surface area contributed by atoms with E-state index in [-0.39, 0.29) is 6.10 Å². The minimum Gasteiger partial charge on any atom is -0.491 e. The third kappa shape index (κ3) is 4.22. The molecule has 2 rings (SSSR count). The maximum absolute atomic E-state index is 5.63. The molecular weight excluding hydrogens is 224 g/mol. The number of benzene rings is 1. The summed E-state index contributed by atoms with van der Waals surface area (Å²) in [5, 5.41) is 6.94. The fourth-order valence-electron chi connectivity index (χ4n) is 2.28. The van der Waals surface area contributed by atoms with Crippen molar-refractivity contribution in [3.63, 3.8) is 0 Å². The van der Waals surface area contributed by atoms with Gasteiger partial charge in [0.2, 0.25) is 0 Å². The van der Waals surface area contributed by atoms with Gasteiger partial charge in [0.05, 0.1) is 6.10 Å². The summed E-state index contributed by atoms with van der Waals surface area (Å²) >= 11 is 0. The summed E-state index contributed by atoms with van der Waals surface area (Å²) in [6, 6.07) is 8.24. The van der Waals surface area contributed by atoms with Crippen molar-refractivity contribution < 1.29 is 4.74 Å². The predicted octanol–water partition coefficient (Wildman–Crippen LogP) is 2.89. The Labute approximate surface area is 110 Å². The van der Waals surface area contributed by atoms with Gasteiger partial charge in [0.15, 0.2) is 0 Å². The lowest BCUT2D eigenvalue weighted by Crippen LogP contribution is -2.33. The van der Waals surface area contributed by atoms with Gasteiger partial charge in [-0.2, -0.15) is 0 Å². The van der Waals surface area contributed by atoms with Crippen molar-refractivity contribution in [1.82, 2.24) is 5.32 Å². The summed E-state index contributed by atoms with van der Waals surface area (Å²) < 4.78 is 5.63. The lowest BCUT2D eigenvalue weighted by Gasteiger charge is -2.23. The molecule has 0 aromatic heterocycles. The zero-order valence-electron chi connectivity index (χ0n) is 11.4. The fourth-order valence-corrected chi connectivity index (χ4v) is 2.28. The molecule has 0 bridgehead atoms. The molecule has 0 radical (unpaired) electrons. The van der Waals surface area contributed by atoms with Crippen LogP contribution in [0.1, 0.15) is 26.7 Å². The third-order valence-electron chi connectivity index (χ3n) is 3.22. The van der Waals surface area contributed by atoms with Crippen LogP contribution in [0.5, 0.6) is 5.75 Å². The molecule has 2 N–H and O–H groups in total. The first-order valence-electron chi connectivity index (χ1n) is 6.95. The Hall–Kier alpha value is -1.22. The third-order valence-corrected chi connectivity index (χ3v) is 3.22. The van der Waals surface area contributed by atoms with Crippen LogP contribution in [0, 0.1) is 5.92 Å². The number of piperidine rings is 1. The normalized spacial score (nSPS) is 19.8. The molecule has 0 spiro atoms. The van der Waals surface area contributed by atoms with Gasteiger partial charge in [-0.25, -0.2) is 0 Å². The molecule has 3 heteroatoms. The molecule has 1 fully saturated rings. The number of hydrogen-bond donors (Lipinski definition) is 2. The van der Waals surface area contributed by atoms with Crippen LogP contribution in [0.25, 0.3) is 0 Å². The molecule has 0 aliphatic carbocycles. The van der Waals surface area contributed by atoms with Crippen molar-refractivity contribution in [3.05, 3.63) is 24.3 Å². The first-order chi connectivity index (χ1) is 8.74. The van der Waals surface area contributed by atoms with Gasteiger partial charge in [-0.05, 0) is 70.0 Å². The van der Waals surface area contributed by atoms with Crippen molar-refractivity contribution in [2.24, 2.45) is 5.92 Å². The van der Waals surface area contributed by atoms with E-state index in [4.69, 9.17) is 4.74 Å². The molecule has 1 aliphatic rings. The largest absolute Gasteiger partial charge is 0.491 e. The zero-order chi connectivity index (χ0) is 12.8. The maximum atomic E-state index is 5.63. The van der Waals surface area contributed by atoms with E-state index in [0.717, 1.165) is 24.8 Å². The molecule has 1 unspecified atom stereocenters. The second kappa shape index (κ2) is 6.64. The first kappa shape index (κ1) is 13.2. The highest BCUT2D eigenvalue weighted by Gasteiger charge is 2.12. The van der Waals surface area contributed by atoms with Crippen molar-refractivity contribution >= 4 is 5.69 Å². The SMILES string of the molecule is CC(C)Oc1ccc(NCC2CCCNC2)cc1. The molecule has 1 aliphatic heterocycles. The molecule has 1 aromatic carbocycles. The molecule has 0 saturated carbocycles. The number of anilines is 1. The van der Waals surface area contributed by atoms with Gasteiger partial charge in [-0.3, -0.25) is 0 Å². The van der Waals surface area contributed by atoms with Gasteiger partial charge in [0.1, 0.15) is 5.75 Å². The van der Waals surface area contributed by atoms with Gasteiger partial charge < -0.3 is 15.4 Å². The standard InChI is InChI=1S/C15H24N2O/c1-12(2)18-15-7-5-14(6-8-15)17-11-13-4-3-9-16-10-13/h5-8,12-13,16-17H,3-4,9-11H2,1-2H3. The van der Waals surface area contributed by atoms with E-state index < -0.39 is 0 Å². The summed E-state index contributed by atoms with van der Waals surface area (Å²) in [5.74, 6) is 1.69. The Morgan fingerprint density at radius 1 is 1.33 bits per heavy atom. The molecule has 0 amide bonds. The summed E-state index contributed by atoms with van der Waals surface area (Å²) in [6.45, 7) is 7.46. The maximum Gasteiger partial charge on any atom is 0.119 e. The van der Waals surface area contributed by atoms with Gasteiger partial charge in [-0.15, -0.1) is 0 Å². The topological polar surface area (TPSA) is 33.3 Å². The Kier molecular flexibility index (Phi) is 4.88. The highest BCUT2D eigenvalue weighted by Crippen LogP contribution is 2.18. The molecule has 1 heterocycles. The number of hydrogen-bond acceptors (Lipinski definition) is 3. The second-order valence-corrected chi connectivity index (χ2v) is 5.28. The highest BCUT2D eigenvalue weighted by molar-refractivity contribution is 5.46. The van der Waals surface area contributed by atoms with Crippen LogP contribution < -0.4 is 15.4 Å². The Balaban J connectivity index is 1.78. The summed E-state index contributed by atoms with van der Waals surface area (Å²) in [5.41, 5.74) is 1.18. The van der Waals surface area contributed by atoms with E-state index in [1.807, 2.05) is 26.0 Å². The quantitative estimate of drug-likeness (QED) is 0.840. The van der Waals surface area contributed by atoms with Crippen molar-refractivity contribution in [2.75, 3.05) is 25.0 Å². The van der Waals surface area contributed by atoms with Crippen LogP contribution in [0.4, 0.5) is 5.69 Å². The van der Waals surface area contributed by atoms with E-state index in [9.17, 15) is 0 Å². The molecule has 3 nitrogen and oxygen atoms in total.